The second-order valence-electron chi connectivity index (χ2n) is 11.8. The van der Waals surface area contributed by atoms with Crippen LogP contribution in [0.5, 0.6) is 0 Å². The molecule has 2 atom stereocenters. The molecule has 0 radical (unpaired) electrons. The lowest BCUT2D eigenvalue weighted by atomic mass is 9.90. The molecular formula is C32H43N7O3. The number of likely N-dealkylation sites (tertiary alicyclic amines) is 1. The Balaban J connectivity index is 1.16. The molecule has 1 amide bonds. The van der Waals surface area contributed by atoms with E-state index in [0.717, 1.165) is 81.2 Å². The SMILES string of the molecule is CCN1CCC2(CC1)C[C@@H]2C(=O)NCC(CCCCCC(=O)c1ncco1)C(N)=CC=Nc1ccc2nn(C)cc2c1. The average molecular weight is 574 g/mol. The smallest absolute Gasteiger partial charge is 0.263 e. The number of Topliss-reactive ketones (excluding diaryl/α,β-unsaturated/α-hetero) is 1. The van der Waals surface area contributed by atoms with Gasteiger partial charge in [-0.05, 0) is 81.4 Å². The summed E-state index contributed by atoms with van der Waals surface area (Å²) >= 11 is 0. The number of ketones is 1. The van der Waals surface area contributed by atoms with Crippen LogP contribution in [0.15, 0.2) is 58.0 Å². The number of hydrogen-bond acceptors (Lipinski definition) is 8. The predicted octanol–water partition coefficient (Wildman–Crippen LogP) is 4.79. The Hall–Kier alpha value is -3.79. The van der Waals surface area contributed by atoms with Gasteiger partial charge in [0, 0.05) is 55.3 Å². The zero-order chi connectivity index (χ0) is 29.5. The van der Waals surface area contributed by atoms with Gasteiger partial charge in [0.1, 0.15) is 6.26 Å². The van der Waals surface area contributed by atoms with Gasteiger partial charge in [0.15, 0.2) is 0 Å². The van der Waals surface area contributed by atoms with Gasteiger partial charge in [-0.1, -0.05) is 19.8 Å². The number of aliphatic imine (C=N–C) groups is 1. The zero-order valence-electron chi connectivity index (χ0n) is 24.8. The molecule has 1 spiro atoms. The molecule has 2 aliphatic rings. The monoisotopic (exact) mass is 573 g/mol. The molecule has 3 N–H and O–H groups in total. The highest BCUT2D eigenvalue weighted by molar-refractivity contribution is 5.91. The van der Waals surface area contributed by atoms with E-state index in [1.807, 2.05) is 37.5 Å². The number of hydrogen-bond donors (Lipinski definition) is 2. The minimum atomic E-state index is -0.0768. The van der Waals surface area contributed by atoms with Crippen LogP contribution in [0.3, 0.4) is 0 Å². The quantitative estimate of drug-likeness (QED) is 0.161. The molecule has 1 aromatic carbocycles. The van der Waals surface area contributed by atoms with Crippen LogP contribution in [-0.4, -0.2) is 63.7 Å². The lowest BCUT2D eigenvalue weighted by Gasteiger charge is -2.31. The molecule has 3 heterocycles. The Bertz CT molecular complexity index is 1420. The summed E-state index contributed by atoms with van der Waals surface area (Å²) in [6, 6.07) is 5.89. The van der Waals surface area contributed by atoms with E-state index < -0.39 is 0 Å². The lowest BCUT2D eigenvalue weighted by Crippen LogP contribution is -2.38. The van der Waals surface area contributed by atoms with E-state index in [0.29, 0.717) is 18.7 Å². The van der Waals surface area contributed by atoms with Gasteiger partial charge in [-0.2, -0.15) is 5.10 Å². The van der Waals surface area contributed by atoms with Crippen molar-refractivity contribution in [1.29, 1.82) is 0 Å². The molecular weight excluding hydrogens is 530 g/mol. The van der Waals surface area contributed by atoms with Crippen LogP contribution < -0.4 is 11.1 Å². The summed E-state index contributed by atoms with van der Waals surface area (Å²) < 4.78 is 6.89. The molecule has 1 saturated carbocycles. The van der Waals surface area contributed by atoms with Crippen LogP contribution in [0.4, 0.5) is 5.69 Å². The van der Waals surface area contributed by atoms with Crippen LogP contribution in [0.25, 0.3) is 10.9 Å². The Morgan fingerprint density at radius 1 is 1.26 bits per heavy atom. The summed E-state index contributed by atoms with van der Waals surface area (Å²) in [6.45, 7) is 5.95. The third-order valence-electron chi connectivity index (χ3n) is 9.02. The van der Waals surface area contributed by atoms with Crippen molar-refractivity contribution in [2.45, 2.75) is 58.3 Å². The van der Waals surface area contributed by atoms with E-state index in [1.54, 1.807) is 10.9 Å². The molecule has 2 aromatic heterocycles. The number of carbonyl (C=O) groups excluding carboxylic acids is 2. The third kappa shape index (κ3) is 7.34. The first-order valence-corrected chi connectivity index (χ1v) is 15.2. The summed E-state index contributed by atoms with van der Waals surface area (Å²) in [5, 5.41) is 8.67. The number of nitrogens with two attached hydrogens (primary N) is 1. The molecule has 5 rings (SSSR count). The molecule has 0 bridgehead atoms. The molecule has 2 fully saturated rings. The molecule has 10 heteroatoms. The lowest BCUT2D eigenvalue weighted by molar-refractivity contribution is -0.123. The summed E-state index contributed by atoms with van der Waals surface area (Å²) in [4.78, 5) is 36.3. The molecule has 224 valence electrons. The van der Waals surface area contributed by atoms with Gasteiger partial charge in [0.05, 0.1) is 17.4 Å². The number of piperidine rings is 1. The van der Waals surface area contributed by atoms with Crippen molar-refractivity contribution in [3.8, 4) is 0 Å². The fourth-order valence-electron chi connectivity index (χ4n) is 6.20. The fourth-order valence-corrected chi connectivity index (χ4v) is 6.20. The second-order valence-corrected chi connectivity index (χ2v) is 11.8. The minimum Gasteiger partial charge on any atom is -0.442 e. The minimum absolute atomic E-state index is 0.0136. The van der Waals surface area contributed by atoms with Crippen LogP contribution in [0.2, 0.25) is 0 Å². The number of amides is 1. The highest BCUT2D eigenvalue weighted by atomic mass is 16.3. The van der Waals surface area contributed by atoms with Crippen LogP contribution >= 0.6 is 0 Å². The second kappa shape index (κ2) is 13.5. The Labute approximate surface area is 247 Å². The molecule has 1 aliphatic heterocycles. The first-order chi connectivity index (χ1) is 20.4. The predicted molar refractivity (Wildman–Crippen MR) is 163 cm³/mol. The first kappa shape index (κ1) is 29.7. The number of allylic oxidation sites excluding steroid dienone is 1. The van der Waals surface area contributed by atoms with Gasteiger partial charge >= 0.3 is 0 Å². The standard InChI is InChI=1S/C32H43N7O3/c1-3-39-16-12-32(13-17-39)20-26(32)30(41)36-21-23(7-5-4-6-8-29(40)31-35-15-18-42-31)27(33)11-14-34-25-9-10-28-24(19-25)22-38(2)37-28/h9-11,14-15,18-19,22-23,26H,3-8,12-13,16-17,20-21,33H2,1-2H3,(H,36,41)/t23?,26-/m1/s1. The highest BCUT2D eigenvalue weighted by Crippen LogP contribution is 2.59. The number of nitrogens with one attached hydrogen (secondary N) is 1. The van der Waals surface area contributed by atoms with Crippen LogP contribution in [-0.2, 0) is 11.8 Å². The molecule has 42 heavy (non-hydrogen) atoms. The summed E-state index contributed by atoms with van der Waals surface area (Å²) in [7, 11) is 1.90. The topological polar surface area (TPSA) is 132 Å². The van der Waals surface area contributed by atoms with Gasteiger partial charge in [-0.3, -0.25) is 19.3 Å². The van der Waals surface area contributed by atoms with Crippen LogP contribution in [0, 0.1) is 17.3 Å². The van der Waals surface area contributed by atoms with E-state index in [2.05, 4.69) is 32.2 Å². The van der Waals surface area contributed by atoms with Crippen LogP contribution in [0.1, 0.15) is 69.0 Å². The molecule has 1 unspecified atom stereocenters. The van der Waals surface area contributed by atoms with Gasteiger partial charge in [-0.15, -0.1) is 0 Å². The number of nitrogens with zero attached hydrogens (tertiary/aromatic N) is 5. The highest BCUT2D eigenvalue weighted by Gasteiger charge is 2.58. The average Bonchev–Trinajstić information content (AvgIpc) is 3.30. The van der Waals surface area contributed by atoms with Gasteiger partial charge in [0.25, 0.3) is 5.89 Å². The maximum Gasteiger partial charge on any atom is 0.263 e. The molecule has 1 aliphatic carbocycles. The number of carbonyl (C=O) groups is 2. The van der Waals surface area contributed by atoms with E-state index in [1.165, 1.54) is 12.5 Å². The molecule has 10 nitrogen and oxygen atoms in total. The zero-order valence-corrected chi connectivity index (χ0v) is 24.8. The van der Waals surface area contributed by atoms with Crippen molar-refractivity contribution in [3.05, 3.63) is 54.5 Å². The molecule has 3 aromatic rings. The number of benzene rings is 1. The normalized spacial score (nSPS) is 19.5. The summed E-state index contributed by atoms with van der Waals surface area (Å²) in [6.07, 6.45) is 15.4. The van der Waals surface area contributed by atoms with Crippen molar-refractivity contribution in [1.82, 2.24) is 25.0 Å². The number of aromatic nitrogens is 3. The van der Waals surface area contributed by atoms with Gasteiger partial charge in [-0.25, -0.2) is 4.98 Å². The maximum atomic E-state index is 13.2. The Morgan fingerprint density at radius 3 is 2.86 bits per heavy atom. The molecule has 1 saturated heterocycles. The summed E-state index contributed by atoms with van der Waals surface area (Å²) in [5.74, 6) is 0.357. The van der Waals surface area contributed by atoms with Gasteiger partial charge in [0.2, 0.25) is 11.7 Å². The van der Waals surface area contributed by atoms with Gasteiger partial charge < -0.3 is 20.4 Å². The maximum absolute atomic E-state index is 13.2. The number of fused-ring (bicyclic) bond motifs is 1. The van der Waals surface area contributed by atoms with E-state index in [9.17, 15) is 9.59 Å². The number of aryl methyl sites for hydroxylation is 1. The fraction of sp³-hybridized carbons (Fsp3) is 0.531. The van der Waals surface area contributed by atoms with E-state index in [4.69, 9.17) is 10.2 Å². The summed E-state index contributed by atoms with van der Waals surface area (Å²) in [5.41, 5.74) is 9.22. The van der Waals surface area contributed by atoms with E-state index in [-0.39, 0.29) is 34.8 Å². The number of rotatable bonds is 14. The van der Waals surface area contributed by atoms with E-state index >= 15 is 0 Å². The Morgan fingerprint density at radius 2 is 2.10 bits per heavy atom. The van der Waals surface area contributed by atoms with Crippen molar-refractivity contribution in [2.75, 3.05) is 26.2 Å². The number of oxazole rings is 1. The largest absolute Gasteiger partial charge is 0.442 e. The Kier molecular flexibility index (Phi) is 9.51. The van der Waals surface area contributed by atoms with Crippen molar-refractivity contribution in [3.63, 3.8) is 0 Å². The number of unbranched alkanes of at least 4 members (excludes halogenated alkanes) is 2. The first-order valence-electron chi connectivity index (χ1n) is 15.2. The van der Waals surface area contributed by atoms with Crippen molar-refractivity contribution < 1.29 is 14.0 Å². The third-order valence-corrected chi connectivity index (χ3v) is 9.02. The van der Waals surface area contributed by atoms with Crippen molar-refractivity contribution >= 4 is 34.5 Å². The van der Waals surface area contributed by atoms with Crippen molar-refractivity contribution in [2.24, 2.45) is 35.0 Å².